The lowest BCUT2D eigenvalue weighted by molar-refractivity contribution is -0.168. The number of carboxylic acids is 1. The van der Waals surface area contributed by atoms with Crippen LogP contribution >= 0.6 is 0 Å². The maximum atomic E-state index is 11.6. The van der Waals surface area contributed by atoms with Gasteiger partial charge in [0.05, 0.1) is 0 Å². The van der Waals surface area contributed by atoms with Gasteiger partial charge < -0.3 is 9.84 Å². The normalized spacial score (nSPS) is 22.5. The van der Waals surface area contributed by atoms with E-state index in [1.165, 1.54) is 5.56 Å². The van der Waals surface area contributed by atoms with E-state index in [1.54, 1.807) is 0 Å². The fourth-order valence-electron chi connectivity index (χ4n) is 2.49. The maximum absolute atomic E-state index is 11.6. The molecule has 0 aromatic heterocycles. The van der Waals surface area contributed by atoms with E-state index in [1.807, 2.05) is 18.2 Å². The van der Waals surface area contributed by atoms with Gasteiger partial charge in [-0.15, -0.1) is 0 Å². The standard InChI is InChI=1S/C15H20O3/c1-2-3-10-18-15(14(16)17)9-8-12-6-4-5-7-13(12)11-15/h4-7H,2-3,8-11H2,1H3,(H,16,17). The van der Waals surface area contributed by atoms with Crippen molar-refractivity contribution >= 4 is 5.97 Å². The summed E-state index contributed by atoms with van der Waals surface area (Å²) in [5, 5.41) is 9.49. The average molecular weight is 248 g/mol. The number of carboxylic acid groups (broad SMARTS) is 1. The number of unbranched alkanes of at least 4 members (excludes halogenated alkanes) is 1. The molecule has 1 aliphatic rings. The van der Waals surface area contributed by atoms with E-state index in [0.29, 0.717) is 19.4 Å². The molecule has 0 saturated heterocycles. The minimum absolute atomic E-state index is 0.488. The van der Waals surface area contributed by atoms with E-state index in [-0.39, 0.29) is 0 Å². The molecule has 1 aromatic rings. The highest BCUT2D eigenvalue weighted by molar-refractivity contribution is 5.78. The third-order valence-electron chi connectivity index (χ3n) is 3.66. The minimum atomic E-state index is -1.01. The zero-order chi connectivity index (χ0) is 13.0. The largest absolute Gasteiger partial charge is 0.479 e. The van der Waals surface area contributed by atoms with E-state index in [4.69, 9.17) is 4.74 Å². The van der Waals surface area contributed by atoms with Crippen LogP contribution in [0.2, 0.25) is 0 Å². The topological polar surface area (TPSA) is 46.5 Å². The van der Waals surface area contributed by atoms with Gasteiger partial charge in [-0.2, -0.15) is 0 Å². The van der Waals surface area contributed by atoms with Crippen molar-refractivity contribution in [2.45, 2.75) is 44.6 Å². The zero-order valence-corrected chi connectivity index (χ0v) is 10.8. The molecule has 1 aliphatic carbocycles. The van der Waals surface area contributed by atoms with Crippen molar-refractivity contribution in [3.8, 4) is 0 Å². The number of ether oxygens (including phenoxy) is 1. The summed E-state index contributed by atoms with van der Waals surface area (Å²) < 4.78 is 5.73. The van der Waals surface area contributed by atoms with Gasteiger partial charge in [0.25, 0.3) is 0 Å². The molecule has 0 aliphatic heterocycles. The second-order valence-corrected chi connectivity index (χ2v) is 4.95. The fourth-order valence-corrected chi connectivity index (χ4v) is 2.49. The maximum Gasteiger partial charge on any atom is 0.336 e. The predicted octanol–water partition coefficient (Wildman–Crippen LogP) is 2.82. The van der Waals surface area contributed by atoms with Crippen molar-refractivity contribution in [3.63, 3.8) is 0 Å². The number of benzene rings is 1. The highest BCUT2D eigenvalue weighted by Gasteiger charge is 2.42. The van der Waals surface area contributed by atoms with Crippen LogP contribution in [-0.4, -0.2) is 23.3 Å². The van der Waals surface area contributed by atoms with Crippen LogP contribution in [0.4, 0.5) is 0 Å². The zero-order valence-electron chi connectivity index (χ0n) is 10.8. The average Bonchev–Trinajstić information content (AvgIpc) is 2.38. The summed E-state index contributed by atoms with van der Waals surface area (Å²) in [7, 11) is 0. The molecule has 1 N–H and O–H groups in total. The Kier molecular flexibility index (Phi) is 4.02. The monoisotopic (exact) mass is 248 g/mol. The molecule has 18 heavy (non-hydrogen) atoms. The van der Waals surface area contributed by atoms with Crippen molar-refractivity contribution in [1.29, 1.82) is 0 Å². The van der Waals surface area contributed by atoms with E-state index in [2.05, 4.69) is 13.0 Å². The molecule has 1 atom stereocenters. The van der Waals surface area contributed by atoms with Crippen molar-refractivity contribution in [2.75, 3.05) is 6.61 Å². The quantitative estimate of drug-likeness (QED) is 0.815. The molecule has 98 valence electrons. The number of aliphatic carboxylic acids is 1. The third kappa shape index (κ3) is 2.56. The lowest BCUT2D eigenvalue weighted by Gasteiger charge is -2.34. The Labute approximate surface area is 108 Å². The summed E-state index contributed by atoms with van der Waals surface area (Å²) in [4.78, 5) is 11.6. The second kappa shape index (κ2) is 5.53. The Bertz CT molecular complexity index is 428. The molecule has 0 radical (unpaired) electrons. The van der Waals surface area contributed by atoms with Gasteiger partial charge in [-0.3, -0.25) is 0 Å². The van der Waals surface area contributed by atoms with Gasteiger partial charge in [-0.05, 0) is 30.4 Å². The molecule has 3 heteroatoms. The Balaban J connectivity index is 2.16. The van der Waals surface area contributed by atoms with E-state index >= 15 is 0 Å². The van der Waals surface area contributed by atoms with Gasteiger partial charge in [0.2, 0.25) is 0 Å². The molecule has 0 fully saturated rings. The number of rotatable bonds is 5. The van der Waals surface area contributed by atoms with Gasteiger partial charge in [0.15, 0.2) is 5.60 Å². The lowest BCUT2D eigenvalue weighted by Crippen LogP contribution is -2.46. The Hall–Kier alpha value is -1.35. The number of aryl methyl sites for hydroxylation is 1. The minimum Gasteiger partial charge on any atom is -0.479 e. The smallest absolute Gasteiger partial charge is 0.336 e. The highest BCUT2D eigenvalue weighted by Crippen LogP contribution is 2.32. The molecule has 0 bridgehead atoms. The van der Waals surface area contributed by atoms with Crippen LogP contribution in [0.25, 0.3) is 0 Å². The van der Waals surface area contributed by atoms with Gasteiger partial charge in [0.1, 0.15) is 0 Å². The first kappa shape index (κ1) is 13.1. The molecular formula is C15H20O3. The van der Waals surface area contributed by atoms with Crippen LogP contribution in [0.5, 0.6) is 0 Å². The summed E-state index contributed by atoms with van der Waals surface area (Å²) in [5.41, 5.74) is 1.36. The summed E-state index contributed by atoms with van der Waals surface area (Å²) in [6.07, 6.45) is 3.78. The van der Waals surface area contributed by atoms with Crippen LogP contribution in [0.15, 0.2) is 24.3 Å². The molecule has 2 rings (SSSR count). The van der Waals surface area contributed by atoms with Gasteiger partial charge in [-0.25, -0.2) is 4.79 Å². The van der Waals surface area contributed by atoms with Crippen molar-refractivity contribution in [3.05, 3.63) is 35.4 Å². The van der Waals surface area contributed by atoms with Crippen LogP contribution in [0, 0.1) is 0 Å². The summed E-state index contributed by atoms with van der Waals surface area (Å²) in [6, 6.07) is 8.05. The molecule has 0 heterocycles. The first-order valence-corrected chi connectivity index (χ1v) is 6.62. The number of hydrogen-bond donors (Lipinski definition) is 1. The molecule has 1 unspecified atom stereocenters. The van der Waals surface area contributed by atoms with Gasteiger partial charge >= 0.3 is 5.97 Å². The number of carbonyl (C=O) groups is 1. The fraction of sp³-hybridized carbons (Fsp3) is 0.533. The number of hydrogen-bond acceptors (Lipinski definition) is 2. The van der Waals surface area contributed by atoms with Crippen LogP contribution in [0.3, 0.4) is 0 Å². The summed E-state index contributed by atoms with van der Waals surface area (Å²) in [6.45, 7) is 2.61. The lowest BCUT2D eigenvalue weighted by atomic mass is 9.80. The molecule has 0 amide bonds. The molecule has 3 nitrogen and oxygen atoms in total. The molecule has 0 spiro atoms. The third-order valence-corrected chi connectivity index (χ3v) is 3.66. The highest BCUT2D eigenvalue weighted by atomic mass is 16.5. The molecule has 0 saturated carbocycles. The van der Waals surface area contributed by atoms with Gasteiger partial charge in [-0.1, -0.05) is 37.6 Å². The predicted molar refractivity (Wildman–Crippen MR) is 69.7 cm³/mol. The van der Waals surface area contributed by atoms with Crippen molar-refractivity contribution in [1.82, 2.24) is 0 Å². The van der Waals surface area contributed by atoms with Crippen LogP contribution < -0.4 is 0 Å². The van der Waals surface area contributed by atoms with E-state index in [0.717, 1.165) is 24.8 Å². The van der Waals surface area contributed by atoms with Crippen LogP contribution in [-0.2, 0) is 22.4 Å². The van der Waals surface area contributed by atoms with Crippen molar-refractivity contribution in [2.24, 2.45) is 0 Å². The number of fused-ring (bicyclic) bond motifs is 1. The van der Waals surface area contributed by atoms with Crippen molar-refractivity contribution < 1.29 is 14.6 Å². The summed E-state index contributed by atoms with van der Waals surface area (Å²) >= 11 is 0. The van der Waals surface area contributed by atoms with Gasteiger partial charge in [0, 0.05) is 13.0 Å². The SMILES string of the molecule is CCCCOC1(C(=O)O)CCc2ccccc2C1. The van der Waals surface area contributed by atoms with Crippen LogP contribution in [0.1, 0.15) is 37.3 Å². The Morgan fingerprint density at radius 2 is 2.11 bits per heavy atom. The molecule has 1 aromatic carbocycles. The molecular weight excluding hydrogens is 228 g/mol. The Morgan fingerprint density at radius 1 is 1.39 bits per heavy atom. The second-order valence-electron chi connectivity index (χ2n) is 4.95. The summed E-state index contributed by atoms with van der Waals surface area (Å²) in [5.74, 6) is -0.826. The van der Waals surface area contributed by atoms with E-state index < -0.39 is 11.6 Å². The Morgan fingerprint density at radius 3 is 2.78 bits per heavy atom. The van der Waals surface area contributed by atoms with E-state index in [9.17, 15) is 9.90 Å². The first-order valence-electron chi connectivity index (χ1n) is 6.62. The first-order chi connectivity index (χ1) is 8.68.